The van der Waals surface area contributed by atoms with Crippen molar-refractivity contribution in [3.05, 3.63) is 53.6 Å². The second-order valence-corrected chi connectivity index (χ2v) is 4.52. The predicted octanol–water partition coefficient (Wildman–Crippen LogP) is 2.77. The fourth-order valence-electron chi connectivity index (χ4n) is 1.97. The first-order valence-electron chi connectivity index (χ1n) is 6.67. The van der Waals surface area contributed by atoms with Crippen molar-refractivity contribution in [1.82, 2.24) is 0 Å². The van der Waals surface area contributed by atoms with E-state index in [9.17, 15) is 0 Å². The summed E-state index contributed by atoms with van der Waals surface area (Å²) in [7, 11) is 0. The maximum Gasteiger partial charge on any atom is 0.144 e. The molecular weight excluding hydrogens is 252 g/mol. The molecule has 0 spiro atoms. The van der Waals surface area contributed by atoms with E-state index in [2.05, 4.69) is 5.32 Å². The third kappa shape index (κ3) is 3.65. The zero-order valence-electron chi connectivity index (χ0n) is 11.6. The van der Waals surface area contributed by atoms with Crippen molar-refractivity contribution in [2.75, 3.05) is 17.7 Å². The van der Waals surface area contributed by atoms with Crippen LogP contribution in [0.1, 0.15) is 18.1 Å². The highest BCUT2D eigenvalue weighted by Crippen LogP contribution is 2.25. The van der Waals surface area contributed by atoms with E-state index in [1.165, 1.54) is 0 Å². The monoisotopic (exact) mass is 272 g/mol. The molecule has 2 rings (SSSR count). The Morgan fingerprint density at radius 1 is 1.15 bits per heavy atom. The topological polar surface area (TPSA) is 67.5 Å². The Bertz CT molecular complexity index is 570. The predicted molar refractivity (Wildman–Crippen MR) is 81.7 cm³/mol. The lowest BCUT2D eigenvalue weighted by Gasteiger charge is -2.11. The molecule has 0 amide bonds. The van der Waals surface area contributed by atoms with Gasteiger partial charge in [-0.05, 0) is 30.2 Å². The molecular formula is C16H20N2O2. The Kier molecular flexibility index (Phi) is 4.85. The van der Waals surface area contributed by atoms with Crippen molar-refractivity contribution in [1.29, 1.82) is 0 Å². The number of nitrogens with one attached hydrogen (secondary N) is 1. The molecule has 4 heteroatoms. The van der Waals surface area contributed by atoms with Gasteiger partial charge in [0.2, 0.25) is 0 Å². The van der Waals surface area contributed by atoms with Gasteiger partial charge in [0.1, 0.15) is 5.75 Å². The fraction of sp³-hybridized carbons (Fsp3) is 0.250. The summed E-state index contributed by atoms with van der Waals surface area (Å²) in [5.74, 6) is 0.696. The van der Waals surface area contributed by atoms with Gasteiger partial charge in [0.15, 0.2) is 0 Å². The molecule has 4 nitrogen and oxygen atoms in total. The van der Waals surface area contributed by atoms with Crippen LogP contribution in [0.25, 0.3) is 0 Å². The summed E-state index contributed by atoms with van der Waals surface area (Å²) in [6, 6.07) is 13.5. The molecule has 4 N–H and O–H groups in total. The smallest absolute Gasteiger partial charge is 0.144 e. The molecule has 0 aromatic heterocycles. The van der Waals surface area contributed by atoms with E-state index in [0.717, 1.165) is 16.8 Å². The van der Waals surface area contributed by atoms with Crippen molar-refractivity contribution in [2.45, 2.75) is 20.1 Å². The minimum atomic E-state index is 0.0597. The average molecular weight is 272 g/mol. The average Bonchev–Trinajstić information content (AvgIpc) is 2.48. The van der Waals surface area contributed by atoms with Gasteiger partial charge < -0.3 is 20.9 Å². The quantitative estimate of drug-likeness (QED) is 0.707. The normalized spacial score (nSPS) is 10.3. The van der Waals surface area contributed by atoms with Crippen LogP contribution in [0.4, 0.5) is 11.4 Å². The summed E-state index contributed by atoms with van der Waals surface area (Å²) in [5, 5.41) is 12.4. The SMILES string of the molecule is CCOc1cc(NCc2cccc(CO)c2)ccc1N. The Morgan fingerprint density at radius 2 is 1.95 bits per heavy atom. The zero-order chi connectivity index (χ0) is 14.4. The van der Waals surface area contributed by atoms with Crippen LogP contribution < -0.4 is 15.8 Å². The van der Waals surface area contributed by atoms with E-state index in [0.29, 0.717) is 24.6 Å². The maximum atomic E-state index is 9.12. The largest absolute Gasteiger partial charge is 0.492 e. The Morgan fingerprint density at radius 3 is 2.70 bits per heavy atom. The van der Waals surface area contributed by atoms with Crippen molar-refractivity contribution in [3.63, 3.8) is 0 Å². The van der Waals surface area contributed by atoms with Crippen LogP contribution in [0.5, 0.6) is 5.75 Å². The Labute approximate surface area is 119 Å². The minimum Gasteiger partial charge on any atom is -0.492 e. The van der Waals surface area contributed by atoms with Gasteiger partial charge in [0.05, 0.1) is 18.9 Å². The van der Waals surface area contributed by atoms with Gasteiger partial charge in [-0.1, -0.05) is 24.3 Å². The van der Waals surface area contributed by atoms with Crippen LogP contribution >= 0.6 is 0 Å². The highest BCUT2D eigenvalue weighted by Gasteiger charge is 2.02. The molecule has 0 bridgehead atoms. The van der Waals surface area contributed by atoms with Crippen LogP contribution in [-0.4, -0.2) is 11.7 Å². The second-order valence-electron chi connectivity index (χ2n) is 4.52. The molecule has 2 aromatic rings. The summed E-state index contributed by atoms with van der Waals surface area (Å²) < 4.78 is 5.47. The molecule has 0 unspecified atom stereocenters. The fourth-order valence-corrected chi connectivity index (χ4v) is 1.97. The number of rotatable bonds is 6. The van der Waals surface area contributed by atoms with E-state index >= 15 is 0 Å². The van der Waals surface area contributed by atoms with E-state index in [-0.39, 0.29) is 6.61 Å². The van der Waals surface area contributed by atoms with Crippen molar-refractivity contribution in [2.24, 2.45) is 0 Å². The van der Waals surface area contributed by atoms with Crippen molar-refractivity contribution in [3.8, 4) is 5.75 Å². The molecule has 0 heterocycles. The summed E-state index contributed by atoms with van der Waals surface area (Å²) in [6.45, 7) is 3.26. The lowest BCUT2D eigenvalue weighted by atomic mass is 10.1. The van der Waals surface area contributed by atoms with Gasteiger partial charge in [-0.25, -0.2) is 0 Å². The number of benzene rings is 2. The summed E-state index contributed by atoms with van der Waals surface area (Å²) >= 11 is 0. The number of aliphatic hydroxyl groups is 1. The highest BCUT2D eigenvalue weighted by molar-refractivity contribution is 5.61. The van der Waals surface area contributed by atoms with Gasteiger partial charge in [-0.2, -0.15) is 0 Å². The maximum absolute atomic E-state index is 9.12. The van der Waals surface area contributed by atoms with Gasteiger partial charge in [-0.3, -0.25) is 0 Å². The highest BCUT2D eigenvalue weighted by atomic mass is 16.5. The summed E-state index contributed by atoms with van der Waals surface area (Å²) in [5.41, 5.74) is 9.46. The molecule has 0 atom stereocenters. The molecule has 0 aliphatic rings. The van der Waals surface area contributed by atoms with Crippen molar-refractivity contribution >= 4 is 11.4 Å². The van der Waals surface area contributed by atoms with E-state index < -0.39 is 0 Å². The van der Waals surface area contributed by atoms with Crippen LogP contribution in [0.15, 0.2) is 42.5 Å². The number of aliphatic hydroxyl groups excluding tert-OH is 1. The summed E-state index contributed by atoms with van der Waals surface area (Å²) in [4.78, 5) is 0. The first kappa shape index (κ1) is 14.2. The molecule has 0 fully saturated rings. The third-order valence-corrected chi connectivity index (χ3v) is 2.98. The van der Waals surface area contributed by atoms with Gasteiger partial charge in [-0.15, -0.1) is 0 Å². The molecule has 0 aliphatic carbocycles. The van der Waals surface area contributed by atoms with Crippen LogP contribution in [-0.2, 0) is 13.2 Å². The number of hydrogen-bond acceptors (Lipinski definition) is 4. The van der Waals surface area contributed by atoms with Gasteiger partial charge in [0.25, 0.3) is 0 Å². The first-order valence-corrected chi connectivity index (χ1v) is 6.67. The van der Waals surface area contributed by atoms with Crippen LogP contribution in [0.2, 0.25) is 0 Å². The lowest BCUT2D eigenvalue weighted by Crippen LogP contribution is -2.02. The van der Waals surface area contributed by atoms with E-state index in [4.69, 9.17) is 15.6 Å². The van der Waals surface area contributed by atoms with Gasteiger partial charge in [0, 0.05) is 18.3 Å². The van der Waals surface area contributed by atoms with Crippen LogP contribution in [0.3, 0.4) is 0 Å². The first-order chi connectivity index (χ1) is 9.72. The molecule has 0 saturated carbocycles. The Balaban J connectivity index is 2.04. The van der Waals surface area contributed by atoms with Crippen LogP contribution in [0, 0.1) is 0 Å². The second kappa shape index (κ2) is 6.82. The standard InChI is InChI=1S/C16H20N2O2/c1-2-20-16-9-14(6-7-15(16)17)18-10-12-4-3-5-13(8-12)11-19/h3-9,18-19H,2,10-11,17H2,1H3. The number of anilines is 2. The lowest BCUT2D eigenvalue weighted by molar-refractivity contribution is 0.281. The zero-order valence-corrected chi connectivity index (χ0v) is 11.6. The molecule has 2 aromatic carbocycles. The molecule has 0 aliphatic heterocycles. The van der Waals surface area contributed by atoms with E-state index in [1.54, 1.807) is 0 Å². The Hall–Kier alpha value is -2.20. The van der Waals surface area contributed by atoms with Gasteiger partial charge >= 0.3 is 0 Å². The number of nitrogens with two attached hydrogens (primary N) is 1. The van der Waals surface area contributed by atoms with E-state index in [1.807, 2.05) is 49.4 Å². The molecule has 0 radical (unpaired) electrons. The number of nitrogen functional groups attached to an aromatic ring is 1. The van der Waals surface area contributed by atoms with Crippen molar-refractivity contribution < 1.29 is 9.84 Å². The number of hydrogen-bond donors (Lipinski definition) is 3. The minimum absolute atomic E-state index is 0.0597. The third-order valence-electron chi connectivity index (χ3n) is 2.98. The summed E-state index contributed by atoms with van der Waals surface area (Å²) in [6.07, 6.45) is 0. The number of ether oxygens (including phenoxy) is 1. The molecule has 20 heavy (non-hydrogen) atoms. The molecule has 106 valence electrons. The molecule has 0 saturated heterocycles.